The van der Waals surface area contributed by atoms with Gasteiger partial charge in [0.05, 0.1) is 6.04 Å². The molecule has 4 aliphatic rings. The Kier molecular flexibility index (Phi) is 6.56. The highest BCUT2D eigenvalue weighted by atomic mass is 16.3. The fourth-order valence-corrected chi connectivity index (χ4v) is 11.5. The van der Waals surface area contributed by atoms with Gasteiger partial charge in [-0.3, -0.25) is 0 Å². The zero-order chi connectivity index (χ0) is 25.3. The van der Waals surface area contributed by atoms with Crippen molar-refractivity contribution >= 4 is 0 Å². The first kappa shape index (κ1) is 26.4. The predicted molar refractivity (Wildman–Crippen MR) is 146 cm³/mol. The van der Waals surface area contributed by atoms with Crippen LogP contribution in [0.25, 0.3) is 0 Å². The van der Waals surface area contributed by atoms with Gasteiger partial charge in [-0.2, -0.15) is 4.91 Å². The molecule has 0 aromatic heterocycles. The topological polar surface area (TPSA) is 29.4 Å². The number of nitroso groups, excluding NO2 is 1. The van der Waals surface area contributed by atoms with Crippen LogP contribution in [0.2, 0.25) is 0 Å². The van der Waals surface area contributed by atoms with E-state index in [4.69, 9.17) is 0 Å². The van der Waals surface area contributed by atoms with Crippen LogP contribution in [0.5, 0.6) is 0 Å². The standard InChI is InChI=1S/C32H55NO/c1-11-22(21(3)4)27-23-13-14-25-30(8)17-16-26(33-34)28(5,6)24(30)15-18-32(25,10)31(23,9)20-19-29(27,7)12-2/h22-27H,3,11-20H2,1-2,4-10H3/t22?,23?,24?,25?,26?,27?,29?,30?,31-,32?/m1/s1. The Morgan fingerprint density at radius 2 is 1.56 bits per heavy atom. The molecular formula is C32H55NO. The summed E-state index contributed by atoms with van der Waals surface area (Å²) in [5.41, 5.74) is 3.00. The molecule has 4 rings (SSSR count). The van der Waals surface area contributed by atoms with Crippen molar-refractivity contribution in [2.45, 2.75) is 133 Å². The molecule has 9 unspecified atom stereocenters. The van der Waals surface area contributed by atoms with E-state index in [2.05, 4.69) is 74.1 Å². The average molecular weight is 470 g/mol. The average Bonchev–Trinajstić information content (AvgIpc) is 2.76. The van der Waals surface area contributed by atoms with Crippen LogP contribution in [0.15, 0.2) is 17.3 Å². The summed E-state index contributed by atoms with van der Waals surface area (Å²) in [4.78, 5) is 11.8. The Balaban J connectivity index is 1.76. The molecule has 4 fully saturated rings. The molecule has 0 N–H and O–H groups in total. The molecule has 0 aromatic carbocycles. The van der Waals surface area contributed by atoms with Crippen LogP contribution in [-0.4, -0.2) is 6.04 Å². The smallest absolute Gasteiger partial charge is 0.0973 e. The molecule has 0 aromatic rings. The van der Waals surface area contributed by atoms with E-state index in [1.54, 1.807) is 0 Å². The van der Waals surface area contributed by atoms with Crippen molar-refractivity contribution < 1.29 is 0 Å². The predicted octanol–water partition coefficient (Wildman–Crippen LogP) is 9.83. The maximum Gasteiger partial charge on any atom is 0.0973 e. The molecule has 0 heterocycles. The summed E-state index contributed by atoms with van der Waals surface area (Å²) in [7, 11) is 0. The van der Waals surface area contributed by atoms with E-state index in [0.29, 0.717) is 33.5 Å². The zero-order valence-electron chi connectivity index (χ0n) is 24.1. The molecule has 0 amide bonds. The molecule has 10 atom stereocenters. The third-order valence-corrected chi connectivity index (χ3v) is 13.8. The van der Waals surface area contributed by atoms with E-state index in [0.717, 1.165) is 24.2 Å². The van der Waals surface area contributed by atoms with Gasteiger partial charge in [-0.25, -0.2) is 0 Å². The van der Waals surface area contributed by atoms with Crippen LogP contribution in [0.4, 0.5) is 0 Å². The number of rotatable bonds is 5. The Hall–Kier alpha value is -0.660. The fourth-order valence-electron chi connectivity index (χ4n) is 11.5. The van der Waals surface area contributed by atoms with Crippen molar-refractivity contribution in [1.29, 1.82) is 0 Å². The van der Waals surface area contributed by atoms with Crippen molar-refractivity contribution in [3.63, 3.8) is 0 Å². The van der Waals surface area contributed by atoms with Crippen molar-refractivity contribution in [3.05, 3.63) is 17.1 Å². The normalized spacial score (nSPS) is 50.9. The largest absolute Gasteiger partial charge is 0.150 e. The quantitative estimate of drug-likeness (QED) is 0.291. The van der Waals surface area contributed by atoms with E-state index in [1.807, 2.05) is 0 Å². The lowest BCUT2D eigenvalue weighted by Crippen LogP contribution is -2.66. The molecule has 0 radical (unpaired) electrons. The van der Waals surface area contributed by atoms with E-state index in [1.165, 1.54) is 63.4 Å². The Bertz CT molecular complexity index is 816. The number of hydrogen-bond donors (Lipinski definition) is 0. The lowest BCUT2D eigenvalue weighted by molar-refractivity contribution is -0.241. The van der Waals surface area contributed by atoms with Crippen LogP contribution in [0.3, 0.4) is 0 Å². The first-order valence-electron chi connectivity index (χ1n) is 14.7. The molecule has 0 aliphatic heterocycles. The summed E-state index contributed by atoms with van der Waals surface area (Å²) in [6.07, 6.45) is 12.8. The van der Waals surface area contributed by atoms with Crippen molar-refractivity contribution in [2.24, 2.45) is 61.8 Å². The molecule has 4 aliphatic carbocycles. The minimum Gasteiger partial charge on any atom is -0.150 e. The van der Waals surface area contributed by atoms with E-state index in [-0.39, 0.29) is 11.5 Å². The van der Waals surface area contributed by atoms with Gasteiger partial charge in [-0.05, 0) is 121 Å². The number of hydrogen-bond acceptors (Lipinski definition) is 2. The van der Waals surface area contributed by atoms with Crippen molar-refractivity contribution in [1.82, 2.24) is 0 Å². The number of nitrogens with zero attached hydrogens (tertiary/aromatic N) is 1. The van der Waals surface area contributed by atoms with Gasteiger partial charge in [0, 0.05) is 0 Å². The number of allylic oxidation sites excluding steroid dienone is 1. The van der Waals surface area contributed by atoms with E-state index < -0.39 is 0 Å². The minimum absolute atomic E-state index is 0.00735. The second-order valence-electron chi connectivity index (χ2n) is 15.0. The lowest BCUT2D eigenvalue weighted by Gasteiger charge is -2.73. The summed E-state index contributed by atoms with van der Waals surface area (Å²) in [5.74, 6) is 3.59. The Morgan fingerprint density at radius 3 is 2.12 bits per heavy atom. The molecule has 194 valence electrons. The molecule has 0 spiro atoms. The Labute approximate surface area is 211 Å². The highest BCUT2D eigenvalue weighted by molar-refractivity contribution is 5.19. The molecule has 2 nitrogen and oxygen atoms in total. The van der Waals surface area contributed by atoms with Gasteiger partial charge in [0.2, 0.25) is 0 Å². The SMILES string of the molecule is C=C(C)C(CC)C1C2CCC3C4(C)CCC(N=O)C(C)(C)C4CCC3(C)[C@]2(C)CCC1(C)CC. The maximum atomic E-state index is 11.8. The first-order valence-corrected chi connectivity index (χ1v) is 14.7. The molecule has 2 heteroatoms. The molecule has 0 bridgehead atoms. The third-order valence-electron chi connectivity index (χ3n) is 13.8. The van der Waals surface area contributed by atoms with Crippen LogP contribution in [0.1, 0.15) is 127 Å². The second-order valence-corrected chi connectivity index (χ2v) is 15.0. The highest BCUT2D eigenvalue weighted by Gasteiger charge is 2.69. The van der Waals surface area contributed by atoms with Crippen LogP contribution >= 0.6 is 0 Å². The lowest BCUT2D eigenvalue weighted by atomic mass is 9.31. The summed E-state index contributed by atoms with van der Waals surface area (Å²) in [6.45, 7) is 27.1. The zero-order valence-corrected chi connectivity index (χ0v) is 24.1. The van der Waals surface area contributed by atoms with Gasteiger partial charge in [0.25, 0.3) is 0 Å². The van der Waals surface area contributed by atoms with Gasteiger partial charge in [0.1, 0.15) is 0 Å². The van der Waals surface area contributed by atoms with Gasteiger partial charge in [-0.15, -0.1) is 0 Å². The summed E-state index contributed by atoms with van der Waals surface area (Å²) >= 11 is 0. The minimum atomic E-state index is -0.00735. The fraction of sp³-hybridized carbons (Fsp3) is 0.938. The highest BCUT2D eigenvalue weighted by Crippen LogP contribution is 2.76. The molecule has 34 heavy (non-hydrogen) atoms. The molecule has 0 saturated heterocycles. The van der Waals surface area contributed by atoms with Gasteiger partial charge < -0.3 is 0 Å². The summed E-state index contributed by atoms with van der Waals surface area (Å²) in [5, 5.41) is 3.65. The second kappa shape index (κ2) is 8.44. The third kappa shape index (κ3) is 3.31. The van der Waals surface area contributed by atoms with Gasteiger partial charge >= 0.3 is 0 Å². The van der Waals surface area contributed by atoms with Crippen molar-refractivity contribution in [2.75, 3.05) is 0 Å². The molecular weight excluding hydrogens is 414 g/mol. The summed E-state index contributed by atoms with van der Waals surface area (Å²) < 4.78 is 0. The first-order chi connectivity index (χ1) is 15.8. The Morgan fingerprint density at radius 1 is 0.882 bits per heavy atom. The van der Waals surface area contributed by atoms with Gasteiger partial charge in [0.15, 0.2) is 0 Å². The van der Waals surface area contributed by atoms with E-state index in [9.17, 15) is 4.91 Å². The van der Waals surface area contributed by atoms with Crippen LogP contribution in [0, 0.1) is 61.6 Å². The van der Waals surface area contributed by atoms with Gasteiger partial charge in [-0.1, -0.05) is 79.1 Å². The molecule has 4 saturated carbocycles. The number of fused-ring (bicyclic) bond motifs is 5. The monoisotopic (exact) mass is 469 g/mol. The van der Waals surface area contributed by atoms with Crippen LogP contribution in [-0.2, 0) is 0 Å². The van der Waals surface area contributed by atoms with E-state index >= 15 is 0 Å². The van der Waals surface area contributed by atoms with Crippen molar-refractivity contribution in [3.8, 4) is 0 Å². The van der Waals surface area contributed by atoms with Crippen LogP contribution < -0.4 is 0 Å². The maximum absolute atomic E-state index is 11.8. The summed E-state index contributed by atoms with van der Waals surface area (Å²) in [6, 6.07) is -0.00735.